The predicted molar refractivity (Wildman–Crippen MR) is 59.4 cm³/mol. The van der Waals surface area contributed by atoms with E-state index in [2.05, 4.69) is 4.98 Å². The number of aromatic carboxylic acids is 1. The molecule has 4 nitrogen and oxygen atoms in total. The van der Waals surface area contributed by atoms with Crippen molar-refractivity contribution >= 4 is 17.0 Å². The van der Waals surface area contributed by atoms with Gasteiger partial charge in [0.25, 0.3) is 0 Å². The van der Waals surface area contributed by atoms with E-state index in [1.807, 2.05) is 10.6 Å². The molecule has 0 unspecified atom stereocenters. The average molecular weight is 216 g/mol. The topological polar surface area (TPSA) is 55.1 Å². The third-order valence-electron chi connectivity index (χ3n) is 3.02. The van der Waals surface area contributed by atoms with E-state index in [4.69, 9.17) is 5.11 Å². The fourth-order valence-corrected chi connectivity index (χ4v) is 2.01. The minimum Gasteiger partial charge on any atom is -0.478 e. The van der Waals surface area contributed by atoms with E-state index >= 15 is 0 Å². The molecular formula is C12H12N2O2. The molecule has 0 aliphatic heterocycles. The van der Waals surface area contributed by atoms with Crippen LogP contribution < -0.4 is 0 Å². The molecule has 0 saturated heterocycles. The Hall–Kier alpha value is -1.84. The summed E-state index contributed by atoms with van der Waals surface area (Å²) in [4.78, 5) is 15.4. The number of nitrogens with zero attached hydrogens (tertiary/aromatic N) is 2. The van der Waals surface area contributed by atoms with Gasteiger partial charge in [-0.15, -0.1) is 0 Å². The molecule has 1 N–H and O–H groups in total. The third kappa shape index (κ3) is 1.46. The second-order valence-corrected chi connectivity index (χ2v) is 4.32. The van der Waals surface area contributed by atoms with Crippen molar-refractivity contribution in [1.82, 2.24) is 9.55 Å². The van der Waals surface area contributed by atoms with Gasteiger partial charge in [0.05, 0.1) is 5.56 Å². The van der Waals surface area contributed by atoms with E-state index in [0.29, 0.717) is 11.5 Å². The second-order valence-electron chi connectivity index (χ2n) is 4.32. The predicted octanol–water partition coefficient (Wildman–Crippen LogP) is 2.14. The van der Waals surface area contributed by atoms with Crippen molar-refractivity contribution in [1.29, 1.82) is 0 Å². The van der Waals surface area contributed by atoms with Gasteiger partial charge in [-0.1, -0.05) is 0 Å². The highest BCUT2D eigenvalue weighted by atomic mass is 16.4. The van der Waals surface area contributed by atoms with Gasteiger partial charge in [-0.05, 0) is 30.9 Å². The van der Waals surface area contributed by atoms with E-state index in [1.54, 1.807) is 18.5 Å². The highest BCUT2D eigenvalue weighted by Gasteiger charge is 2.24. The van der Waals surface area contributed by atoms with Gasteiger partial charge in [0, 0.05) is 24.3 Å². The lowest BCUT2D eigenvalue weighted by atomic mass is 10.2. The van der Waals surface area contributed by atoms with Crippen molar-refractivity contribution in [3.8, 4) is 0 Å². The summed E-state index contributed by atoms with van der Waals surface area (Å²) in [6, 6.07) is 3.59. The second kappa shape index (κ2) is 3.33. The van der Waals surface area contributed by atoms with Gasteiger partial charge in [0.2, 0.25) is 0 Å². The molecule has 0 bridgehead atoms. The van der Waals surface area contributed by atoms with Gasteiger partial charge in [0.15, 0.2) is 0 Å². The number of pyridine rings is 1. The molecule has 3 rings (SSSR count). The van der Waals surface area contributed by atoms with Gasteiger partial charge in [0.1, 0.15) is 5.65 Å². The fraction of sp³-hybridized carbons (Fsp3) is 0.333. The summed E-state index contributed by atoms with van der Waals surface area (Å²) in [5.74, 6) is -0.174. The summed E-state index contributed by atoms with van der Waals surface area (Å²) in [7, 11) is 0. The standard InChI is InChI=1S/C12H12N2O2/c15-12(16)10-7-14(6-8-3-4-8)11-9(10)2-1-5-13-11/h1-2,5,7-8H,3-4,6H2,(H,15,16). The SMILES string of the molecule is O=C(O)c1cn(CC2CC2)c2ncccc12. The number of carbonyl (C=O) groups is 1. The van der Waals surface area contributed by atoms with Crippen LogP contribution in [-0.2, 0) is 6.54 Å². The van der Waals surface area contributed by atoms with E-state index in [1.165, 1.54) is 12.8 Å². The Kier molecular flexibility index (Phi) is 1.96. The van der Waals surface area contributed by atoms with Crippen LogP contribution in [0.4, 0.5) is 0 Å². The minimum atomic E-state index is -0.882. The fourth-order valence-electron chi connectivity index (χ4n) is 2.01. The first-order valence-electron chi connectivity index (χ1n) is 5.43. The lowest BCUT2D eigenvalue weighted by Gasteiger charge is -2.01. The lowest BCUT2D eigenvalue weighted by Crippen LogP contribution is -1.99. The van der Waals surface area contributed by atoms with E-state index in [0.717, 1.165) is 17.6 Å². The van der Waals surface area contributed by atoms with Crippen molar-refractivity contribution in [2.45, 2.75) is 19.4 Å². The Balaban J connectivity index is 2.15. The first-order chi connectivity index (χ1) is 7.75. The molecule has 1 fully saturated rings. The van der Waals surface area contributed by atoms with E-state index < -0.39 is 5.97 Å². The molecule has 0 amide bonds. The van der Waals surface area contributed by atoms with Crippen molar-refractivity contribution in [3.05, 3.63) is 30.1 Å². The maximum atomic E-state index is 11.1. The normalized spacial score (nSPS) is 15.5. The Morgan fingerprint density at radius 3 is 3.06 bits per heavy atom. The van der Waals surface area contributed by atoms with Crippen LogP contribution >= 0.6 is 0 Å². The Morgan fingerprint density at radius 1 is 1.56 bits per heavy atom. The smallest absolute Gasteiger partial charge is 0.337 e. The summed E-state index contributed by atoms with van der Waals surface area (Å²) < 4.78 is 1.97. The average Bonchev–Trinajstić information content (AvgIpc) is 3.00. The van der Waals surface area contributed by atoms with Crippen LogP contribution in [0.2, 0.25) is 0 Å². The van der Waals surface area contributed by atoms with Crippen LogP contribution in [0.15, 0.2) is 24.5 Å². The van der Waals surface area contributed by atoms with Crippen molar-refractivity contribution in [2.75, 3.05) is 0 Å². The molecular weight excluding hydrogens is 204 g/mol. The van der Waals surface area contributed by atoms with Gasteiger partial charge in [-0.3, -0.25) is 0 Å². The van der Waals surface area contributed by atoms with E-state index in [-0.39, 0.29) is 0 Å². The van der Waals surface area contributed by atoms with Crippen LogP contribution in [0.25, 0.3) is 11.0 Å². The molecule has 2 aromatic heterocycles. The molecule has 1 aliphatic rings. The molecule has 0 atom stereocenters. The number of aromatic nitrogens is 2. The third-order valence-corrected chi connectivity index (χ3v) is 3.02. The summed E-state index contributed by atoms with van der Waals surface area (Å²) in [6.07, 6.45) is 5.90. The largest absolute Gasteiger partial charge is 0.478 e. The number of fused-ring (bicyclic) bond motifs is 1. The van der Waals surface area contributed by atoms with Gasteiger partial charge < -0.3 is 9.67 Å². The van der Waals surface area contributed by atoms with Crippen LogP contribution in [-0.4, -0.2) is 20.6 Å². The summed E-state index contributed by atoms with van der Waals surface area (Å²) in [5, 5.41) is 9.84. The molecule has 0 spiro atoms. The number of carboxylic acid groups (broad SMARTS) is 1. The number of hydrogen-bond donors (Lipinski definition) is 1. The zero-order valence-electron chi connectivity index (χ0n) is 8.76. The molecule has 2 heterocycles. The van der Waals surface area contributed by atoms with E-state index in [9.17, 15) is 4.79 Å². The van der Waals surface area contributed by atoms with Crippen molar-refractivity contribution in [2.24, 2.45) is 5.92 Å². The number of hydrogen-bond acceptors (Lipinski definition) is 2. The highest BCUT2D eigenvalue weighted by molar-refractivity contribution is 6.02. The quantitative estimate of drug-likeness (QED) is 0.855. The van der Waals surface area contributed by atoms with Gasteiger partial charge in [-0.25, -0.2) is 9.78 Å². The Labute approximate surface area is 92.5 Å². The van der Waals surface area contributed by atoms with Gasteiger partial charge >= 0.3 is 5.97 Å². The molecule has 2 aromatic rings. The molecule has 1 saturated carbocycles. The Morgan fingerprint density at radius 2 is 2.38 bits per heavy atom. The summed E-state index contributed by atoms with van der Waals surface area (Å²) >= 11 is 0. The molecule has 16 heavy (non-hydrogen) atoms. The minimum absolute atomic E-state index is 0.351. The van der Waals surface area contributed by atoms with Crippen molar-refractivity contribution in [3.63, 3.8) is 0 Å². The van der Waals surface area contributed by atoms with Crippen LogP contribution in [0.1, 0.15) is 23.2 Å². The molecule has 82 valence electrons. The molecule has 1 aliphatic carbocycles. The Bertz CT molecular complexity index is 555. The first kappa shape index (κ1) is 9.39. The van der Waals surface area contributed by atoms with Crippen LogP contribution in [0, 0.1) is 5.92 Å². The molecule has 4 heteroatoms. The lowest BCUT2D eigenvalue weighted by molar-refractivity contribution is 0.0698. The number of rotatable bonds is 3. The number of carboxylic acids is 1. The summed E-state index contributed by atoms with van der Waals surface area (Å²) in [6.45, 7) is 0.890. The molecule has 0 radical (unpaired) electrons. The van der Waals surface area contributed by atoms with Crippen molar-refractivity contribution < 1.29 is 9.90 Å². The zero-order chi connectivity index (χ0) is 11.1. The van der Waals surface area contributed by atoms with Crippen LogP contribution in [0.3, 0.4) is 0 Å². The maximum absolute atomic E-state index is 11.1. The van der Waals surface area contributed by atoms with Crippen LogP contribution in [0.5, 0.6) is 0 Å². The molecule has 0 aromatic carbocycles. The monoisotopic (exact) mass is 216 g/mol. The first-order valence-corrected chi connectivity index (χ1v) is 5.43. The maximum Gasteiger partial charge on any atom is 0.337 e. The summed E-state index contributed by atoms with van der Waals surface area (Å²) in [5.41, 5.74) is 1.13. The zero-order valence-corrected chi connectivity index (χ0v) is 8.76. The van der Waals surface area contributed by atoms with Gasteiger partial charge in [-0.2, -0.15) is 0 Å². The highest BCUT2D eigenvalue weighted by Crippen LogP contribution is 2.32.